The molecule has 2 heterocycles. The number of likely N-dealkylation sites (tertiary alicyclic amines) is 1. The Hall–Kier alpha value is -1.58. The maximum Gasteiger partial charge on any atom is 0.410 e. The van der Waals surface area contributed by atoms with E-state index in [2.05, 4.69) is 11.1 Å². The molecule has 108 valence electrons. The number of fused-ring (bicyclic) bond motifs is 2. The zero-order chi connectivity index (χ0) is 14.3. The third-order valence-electron chi connectivity index (χ3n) is 4.22. The van der Waals surface area contributed by atoms with E-state index in [4.69, 9.17) is 4.74 Å². The van der Waals surface area contributed by atoms with Crippen molar-refractivity contribution in [3.8, 4) is 0 Å². The van der Waals surface area contributed by atoms with Crippen molar-refractivity contribution in [2.24, 2.45) is 5.92 Å². The van der Waals surface area contributed by atoms with Gasteiger partial charge in [-0.25, -0.2) is 4.79 Å². The van der Waals surface area contributed by atoms with Crippen molar-refractivity contribution >= 4 is 6.09 Å². The molecule has 0 radical (unpaired) electrons. The van der Waals surface area contributed by atoms with Crippen LogP contribution in [0.3, 0.4) is 0 Å². The third kappa shape index (κ3) is 2.51. The molecule has 0 N–H and O–H groups in total. The van der Waals surface area contributed by atoms with Crippen LogP contribution in [0.2, 0.25) is 0 Å². The Balaban J connectivity index is 1.75. The zero-order valence-corrected chi connectivity index (χ0v) is 12.4. The summed E-state index contributed by atoms with van der Waals surface area (Å²) in [6, 6.07) is 4.36. The lowest BCUT2D eigenvalue weighted by molar-refractivity contribution is 0.0170. The van der Waals surface area contributed by atoms with Crippen LogP contribution in [0, 0.1) is 5.92 Å². The lowest BCUT2D eigenvalue weighted by Gasteiger charge is -2.34. The van der Waals surface area contributed by atoms with E-state index in [9.17, 15) is 4.79 Å². The van der Waals surface area contributed by atoms with E-state index in [0.29, 0.717) is 11.8 Å². The van der Waals surface area contributed by atoms with Gasteiger partial charge < -0.3 is 9.64 Å². The fourth-order valence-electron chi connectivity index (χ4n) is 3.51. The number of ether oxygens (including phenoxy) is 1. The minimum absolute atomic E-state index is 0.168. The molecule has 1 saturated heterocycles. The van der Waals surface area contributed by atoms with Gasteiger partial charge in [0.1, 0.15) is 5.60 Å². The molecule has 2 aliphatic rings. The molecule has 1 saturated carbocycles. The van der Waals surface area contributed by atoms with Gasteiger partial charge in [-0.3, -0.25) is 4.98 Å². The number of aromatic nitrogens is 1. The van der Waals surface area contributed by atoms with Gasteiger partial charge >= 0.3 is 6.09 Å². The zero-order valence-electron chi connectivity index (χ0n) is 12.4. The average molecular weight is 274 g/mol. The van der Waals surface area contributed by atoms with Crippen LogP contribution >= 0.6 is 0 Å². The highest BCUT2D eigenvalue weighted by molar-refractivity contribution is 5.69. The minimum atomic E-state index is -0.428. The first-order valence-corrected chi connectivity index (χ1v) is 7.33. The first kappa shape index (κ1) is 13.4. The highest BCUT2D eigenvalue weighted by Gasteiger charge is 2.48. The molecule has 1 amide bonds. The Morgan fingerprint density at radius 2 is 2.20 bits per heavy atom. The number of amides is 1. The van der Waals surface area contributed by atoms with E-state index >= 15 is 0 Å². The van der Waals surface area contributed by atoms with Crippen molar-refractivity contribution in [1.82, 2.24) is 9.88 Å². The van der Waals surface area contributed by atoms with Crippen molar-refractivity contribution in [3.63, 3.8) is 0 Å². The second-order valence-corrected chi connectivity index (χ2v) is 6.93. The lowest BCUT2D eigenvalue weighted by Crippen LogP contribution is -2.44. The van der Waals surface area contributed by atoms with E-state index in [-0.39, 0.29) is 12.1 Å². The molecule has 1 aliphatic carbocycles. The first-order chi connectivity index (χ1) is 9.44. The van der Waals surface area contributed by atoms with E-state index in [0.717, 1.165) is 19.4 Å². The van der Waals surface area contributed by atoms with Gasteiger partial charge in [0.2, 0.25) is 0 Å². The fraction of sp³-hybridized carbons (Fsp3) is 0.625. The van der Waals surface area contributed by atoms with Gasteiger partial charge in [0.05, 0.1) is 0 Å². The number of hydrogen-bond acceptors (Lipinski definition) is 3. The summed E-state index contributed by atoms with van der Waals surface area (Å²) in [5, 5.41) is 0. The second kappa shape index (κ2) is 4.76. The summed E-state index contributed by atoms with van der Waals surface area (Å²) in [6.45, 7) is 6.59. The summed E-state index contributed by atoms with van der Waals surface area (Å²) >= 11 is 0. The van der Waals surface area contributed by atoms with Crippen LogP contribution in [-0.4, -0.2) is 34.2 Å². The largest absolute Gasteiger partial charge is 0.444 e. The molecule has 0 spiro atoms. The molecule has 3 rings (SSSR count). The normalized spacial score (nSPS) is 28.8. The molecule has 20 heavy (non-hydrogen) atoms. The maximum absolute atomic E-state index is 12.3. The van der Waals surface area contributed by atoms with Crippen LogP contribution < -0.4 is 0 Å². The summed E-state index contributed by atoms with van der Waals surface area (Å²) in [5.74, 6) is 1.02. The quantitative estimate of drug-likeness (QED) is 0.789. The molecule has 2 fully saturated rings. The monoisotopic (exact) mass is 274 g/mol. The summed E-state index contributed by atoms with van der Waals surface area (Å²) in [5.41, 5.74) is 0.816. The van der Waals surface area contributed by atoms with E-state index < -0.39 is 5.60 Å². The van der Waals surface area contributed by atoms with Crippen molar-refractivity contribution in [2.75, 3.05) is 6.54 Å². The van der Waals surface area contributed by atoms with Gasteiger partial charge in [-0.15, -0.1) is 0 Å². The van der Waals surface area contributed by atoms with Gasteiger partial charge in [0.25, 0.3) is 0 Å². The topological polar surface area (TPSA) is 42.4 Å². The lowest BCUT2D eigenvalue weighted by atomic mass is 9.92. The van der Waals surface area contributed by atoms with Crippen LogP contribution in [0.1, 0.15) is 45.1 Å². The first-order valence-electron chi connectivity index (χ1n) is 7.33. The van der Waals surface area contributed by atoms with E-state index in [1.807, 2.05) is 37.9 Å². The maximum atomic E-state index is 12.3. The molecular weight excluding hydrogens is 252 g/mol. The molecule has 1 aromatic rings. The van der Waals surface area contributed by atoms with Gasteiger partial charge in [0, 0.05) is 30.9 Å². The molecule has 1 aliphatic heterocycles. The van der Waals surface area contributed by atoms with Gasteiger partial charge in [-0.1, -0.05) is 6.07 Å². The van der Waals surface area contributed by atoms with Crippen molar-refractivity contribution in [2.45, 2.75) is 51.2 Å². The summed E-state index contributed by atoms with van der Waals surface area (Å²) < 4.78 is 5.53. The molecule has 4 heteroatoms. The van der Waals surface area contributed by atoms with Gasteiger partial charge in [-0.05, 0) is 51.2 Å². The number of rotatable bonds is 1. The summed E-state index contributed by atoms with van der Waals surface area (Å²) in [6.07, 6.45) is 5.81. The van der Waals surface area contributed by atoms with Crippen LogP contribution in [0.25, 0.3) is 0 Å². The molecule has 4 nitrogen and oxygen atoms in total. The predicted octanol–water partition coefficient (Wildman–Crippen LogP) is 3.19. The molecule has 3 atom stereocenters. The van der Waals surface area contributed by atoms with Gasteiger partial charge in [0.15, 0.2) is 0 Å². The molecule has 1 aromatic heterocycles. The second-order valence-electron chi connectivity index (χ2n) is 6.93. The Bertz CT molecular complexity index is 495. The SMILES string of the molecule is CC(C)(C)OC(=O)N1C[C@H]2C[C@@H]1[C@H](c1cccnc1)C2. The minimum Gasteiger partial charge on any atom is -0.444 e. The Kier molecular flexibility index (Phi) is 3.19. The number of carbonyl (C=O) groups excluding carboxylic acids is 1. The Morgan fingerprint density at radius 3 is 2.80 bits per heavy atom. The smallest absolute Gasteiger partial charge is 0.410 e. The van der Waals surface area contributed by atoms with E-state index in [1.54, 1.807) is 6.20 Å². The van der Waals surface area contributed by atoms with Crippen LogP contribution in [0.15, 0.2) is 24.5 Å². The number of pyridine rings is 1. The number of hydrogen-bond donors (Lipinski definition) is 0. The number of nitrogens with zero attached hydrogens (tertiary/aromatic N) is 2. The highest BCUT2D eigenvalue weighted by atomic mass is 16.6. The summed E-state index contributed by atoms with van der Waals surface area (Å²) in [4.78, 5) is 18.5. The molecule has 0 unspecified atom stereocenters. The van der Waals surface area contributed by atoms with Crippen molar-refractivity contribution < 1.29 is 9.53 Å². The number of carbonyl (C=O) groups is 1. The number of piperidine rings is 1. The Morgan fingerprint density at radius 1 is 1.40 bits per heavy atom. The molecule has 0 aromatic carbocycles. The third-order valence-corrected chi connectivity index (χ3v) is 4.22. The van der Waals surface area contributed by atoms with Crippen LogP contribution in [0.5, 0.6) is 0 Å². The molecule has 2 bridgehead atoms. The Labute approximate surface area is 120 Å². The van der Waals surface area contributed by atoms with Crippen molar-refractivity contribution in [1.29, 1.82) is 0 Å². The standard InChI is InChI=1S/C16H22N2O2/c1-16(2,3)20-15(19)18-10-11-7-13(14(18)8-11)12-5-4-6-17-9-12/h4-6,9,11,13-14H,7-8,10H2,1-3H3/t11-,13+,14-/m1/s1. The van der Waals surface area contributed by atoms with Crippen LogP contribution in [0.4, 0.5) is 4.79 Å². The fourth-order valence-corrected chi connectivity index (χ4v) is 3.51. The summed E-state index contributed by atoms with van der Waals surface area (Å²) in [7, 11) is 0. The van der Waals surface area contributed by atoms with Gasteiger partial charge in [-0.2, -0.15) is 0 Å². The average Bonchev–Trinajstić information content (AvgIpc) is 2.97. The van der Waals surface area contributed by atoms with E-state index in [1.165, 1.54) is 5.56 Å². The van der Waals surface area contributed by atoms with Crippen molar-refractivity contribution in [3.05, 3.63) is 30.1 Å². The molecular formula is C16H22N2O2. The highest BCUT2D eigenvalue weighted by Crippen LogP contribution is 2.47. The predicted molar refractivity (Wildman–Crippen MR) is 76.4 cm³/mol. The van der Waals surface area contributed by atoms with Crippen LogP contribution in [-0.2, 0) is 4.74 Å².